The summed E-state index contributed by atoms with van der Waals surface area (Å²) >= 11 is 0. The SMILES string of the molecule is CCCC(=O)OC(CC)(CO)C(C)O. The second-order valence-corrected chi connectivity index (χ2v) is 3.48. The van der Waals surface area contributed by atoms with E-state index in [9.17, 15) is 9.90 Å². The average molecular weight is 204 g/mol. The smallest absolute Gasteiger partial charge is 0.306 e. The summed E-state index contributed by atoms with van der Waals surface area (Å²) < 4.78 is 5.10. The first-order valence-electron chi connectivity index (χ1n) is 5.03. The van der Waals surface area contributed by atoms with Gasteiger partial charge in [0.25, 0.3) is 0 Å². The van der Waals surface area contributed by atoms with Gasteiger partial charge in [0.15, 0.2) is 5.60 Å². The number of hydrogen-bond donors (Lipinski definition) is 2. The molecule has 0 aromatic carbocycles. The minimum atomic E-state index is -1.13. The zero-order chi connectivity index (χ0) is 11.2. The molecule has 0 radical (unpaired) electrons. The number of aliphatic hydroxyl groups excluding tert-OH is 2. The molecule has 0 bridgehead atoms. The van der Waals surface area contributed by atoms with E-state index in [1.807, 2.05) is 6.92 Å². The first-order valence-corrected chi connectivity index (χ1v) is 5.03. The predicted molar refractivity (Wildman–Crippen MR) is 52.8 cm³/mol. The fourth-order valence-electron chi connectivity index (χ4n) is 1.21. The molecule has 0 aliphatic carbocycles. The number of rotatable bonds is 6. The summed E-state index contributed by atoms with van der Waals surface area (Å²) in [5.41, 5.74) is -1.13. The Labute approximate surface area is 84.9 Å². The summed E-state index contributed by atoms with van der Waals surface area (Å²) in [6.07, 6.45) is 0.549. The number of hydrogen-bond acceptors (Lipinski definition) is 4. The highest BCUT2D eigenvalue weighted by Gasteiger charge is 2.36. The van der Waals surface area contributed by atoms with E-state index in [1.165, 1.54) is 6.92 Å². The Morgan fingerprint density at radius 1 is 1.50 bits per heavy atom. The van der Waals surface area contributed by atoms with Crippen molar-refractivity contribution in [1.29, 1.82) is 0 Å². The molecule has 0 aliphatic rings. The van der Waals surface area contributed by atoms with Crippen LogP contribution in [0.1, 0.15) is 40.0 Å². The summed E-state index contributed by atoms with van der Waals surface area (Å²) in [6, 6.07) is 0. The van der Waals surface area contributed by atoms with Crippen molar-refractivity contribution in [2.45, 2.75) is 51.7 Å². The third-order valence-corrected chi connectivity index (χ3v) is 2.40. The zero-order valence-corrected chi connectivity index (χ0v) is 9.12. The number of carbonyl (C=O) groups is 1. The van der Waals surface area contributed by atoms with Crippen molar-refractivity contribution in [2.75, 3.05) is 6.61 Å². The van der Waals surface area contributed by atoms with Crippen LogP contribution in [-0.4, -0.2) is 34.5 Å². The van der Waals surface area contributed by atoms with Crippen LogP contribution in [0.4, 0.5) is 0 Å². The molecule has 0 amide bonds. The molecule has 0 saturated carbocycles. The van der Waals surface area contributed by atoms with Crippen LogP contribution in [0.3, 0.4) is 0 Å². The monoisotopic (exact) mass is 204 g/mol. The maximum absolute atomic E-state index is 11.2. The van der Waals surface area contributed by atoms with Gasteiger partial charge in [-0.25, -0.2) is 0 Å². The van der Waals surface area contributed by atoms with Crippen molar-refractivity contribution in [3.05, 3.63) is 0 Å². The van der Waals surface area contributed by atoms with Crippen molar-refractivity contribution in [1.82, 2.24) is 0 Å². The molecular formula is C10H20O4. The van der Waals surface area contributed by atoms with E-state index in [0.29, 0.717) is 19.3 Å². The number of ether oxygens (including phenoxy) is 1. The zero-order valence-electron chi connectivity index (χ0n) is 9.12. The molecule has 0 aromatic heterocycles. The fourth-order valence-corrected chi connectivity index (χ4v) is 1.21. The molecule has 2 unspecified atom stereocenters. The van der Waals surface area contributed by atoms with Crippen LogP contribution in [0.2, 0.25) is 0 Å². The molecule has 0 fully saturated rings. The maximum Gasteiger partial charge on any atom is 0.306 e. The highest BCUT2D eigenvalue weighted by Crippen LogP contribution is 2.21. The van der Waals surface area contributed by atoms with Crippen LogP contribution in [0.25, 0.3) is 0 Å². The molecule has 4 nitrogen and oxygen atoms in total. The molecule has 2 atom stereocenters. The van der Waals surface area contributed by atoms with Gasteiger partial charge in [-0.3, -0.25) is 4.79 Å². The Morgan fingerprint density at radius 2 is 2.07 bits per heavy atom. The van der Waals surface area contributed by atoms with Crippen LogP contribution in [0.15, 0.2) is 0 Å². The molecular weight excluding hydrogens is 184 g/mol. The van der Waals surface area contributed by atoms with Crippen molar-refractivity contribution < 1.29 is 19.7 Å². The van der Waals surface area contributed by atoms with E-state index < -0.39 is 11.7 Å². The topological polar surface area (TPSA) is 66.8 Å². The Balaban J connectivity index is 4.42. The Morgan fingerprint density at radius 3 is 2.36 bits per heavy atom. The fraction of sp³-hybridized carbons (Fsp3) is 0.900. The van der Waals surface area contributed by atoms with Crippen molar-refractivity contribution in [3.8, 4) is 0 Å². The lowest BCUT2D eigenvalue weighted by Crippen LogP contribution is -2.47. The summed E-state index contributed by atoms with van der Waals surface area (Å²) in [5, 5.41) is 18.6. The number of esters is 1. The van der Waals surface area contributed by atoms with Gasteiger partial charge in [0.05, 0.1) is 12.7 Å². The highest BCUT2D eigenvalue weighted by molar-refractivity contribution is 5.69. The van der Waals surface area contributed by atoms with E-state index >= 15 is 0 Å². The van der Waals surface area contributed by atoms with Crippen molar-refractivity contribution in [2.24, 2.45) is 0 Å². The van der Waals surface area contributed by atoms with E-state index in [4.69, 9.17) is 9.84 Å². The van der Waals surface area contributed by atoms with Crippen LogP contribution >= 0.6 is 0 Å². The van der Waals surface area contributed by atoms with Gasteiger partial charge in [-0.15, -0.1) is 0 Å². The molecule has 84 valence electrons. The second kappa shape index (κ2) is 5.98. The summed E-state index contributed by atoms with van der Waals surface area (Å²) in [5.74, 6) is -0.371. The van der Waals surface area contributed by atoms with Gasteiger partial charge in [-0.2, -0.15) is 0 Å². The Hall–Kier alpha value is -0.610. The molecule has 0 aromatic rings. The second-order valence-electron chi connectivity index (χ2n) is 3.48. The lowest BCUT2D eigenvalue weighted by molar-refractivity contribution is -0.180. The van der Waals surface area contributed by atoms with Crippen LogP contribution in [-0.2, 0) is 9.53 Å². The van der Waals surface area contributed by atoms with Crippen molar-refractivity contribution >= 4 is 5.97 Å². The maximum atomic E-state index is 11.2. The van der Waals surface area contributed by atoms with E-state index in [1.54, 1.807) is 6.92 Å². The molecule has 0 spiro atoms. The van der Waals surface area contributed by atoms with Crippen LogP contribution in [0.5, 0.6) is 0 Å². The molecule has 0 heterocycles. The van der Waals surface area contributed by atoms with E-state index in [-0.39, 0.29) is 12.6 Å². The van der Waals surface area contributed by atoms with Crippen molar-refractivity contribution in [3.63, 3.8) is 0 Å². The normalized spacial score (nSPS) is 17.2. The molecule has 0 saturated heterocycles. The first-order chi connectivity index (χ1) is 6.52. The summed E-state index contributed by atoms with van der Waals surface area (Å²) in [6.45, 7) is 4.80. The van der Waals surface area contributed by atoms with Crippen LogP contribution in [0, 0.1) is 0 Å². The Kier molecular flexibility index (Phi) is 5.72. The van der Waals surface area contributed by atoms with Gasteiger partial charge in [0.1, 0.15) is 0 Å². The van der Waals surface area contributed by atoms with Gasteiger partial charge in [-0.1, -0.05) is 13.8 Å². The van der Waals surface area contributed by atoms with E-state index in [0.717, 1.165) is 0 Å². The minimum absolute atomic E-state index is 0.314. The molecule has 4 heteroatoms. The number of aliphatic hydroxyl groups is 2. The third kappa shape index (κ3) is 3.27. The molecule has 2 N–H and O–H groups in total. The summed E-state index contributed by atoms with van der Waals surface area (Å²) in [7, 11) is 0. The number of carbonyl (C=O) groups excluding carboxylic acids is 1. The standard InChI is InChI=1S/C10H20O4/c1-4-6-9(13)14-10(5-2,7-11)8(3)12/h8,11-12H,4-7H2,1-3H3. The quantitative estimate of drug-likeness (QED) is 0.629. The van der Waals surface area contributed by atoms with Gasteiger partial charge >= 0.3 is 5.97 Å². The summed E-state index contributed by atoms with van der Waals surface area (Å²) in [4.78, 5) is 11.2. The van der Waals surface area contributed by atoms with Gasteiger partial charge in [0, 0.05) is 6.42 Å². The predicted octanol–water partition coefficient (Wildman–Crippen LogP) is 0.852. The van der Waals surface area contributed by atoms with Gasteiger partial charge < -0.3 is 14.9 Å². The lowest BCUT2D eigenvalue weighted by atomic mass is 9.95. The average Bonchev–Trinajstić information content (AvgIpc) is 2.14. The Bertz CT molecular complexity index is 173. The highest BCUT2D eigenvalue weighted by atomic mass is 16.6. The van der Waals surface area contributed by atoms with Gasteiger partial charge in [0.2, 0.25) is 0 Å². The molecule has 0 rings (SSSR count). The molecule has 0 aliphatic heterocycles. The minimum Gasteiger partial charge on any atom is -0.454 e. The largest absolute Gasteiger partial charge is 0.454 e. The first kappa shape index (κ1) is 13.4. The van der Waals surface area contributed by atoms with E-state index in [2.05, 4.69) is 0 Å². The third-order valence-electron chi connectivity index (χ3n) is 2.40. The molecule has 14 heavy (non-hydrogen) atoms. The van der Waals surface area contributed by atoms with Crippen LogP contribution < -0.4 is 0 Å². The lowest BCUT2D eigenvalue weighted by Gasteiger charge is -2.33. The van der Waals surface area contributed by atoms with Gasteiger partial charge in [-0.05, 0) is 19.8 Å².